The van der Waals surface area contributed by atoms with Gasteiger partial charge in [-0.3, -0.25) is 14.5 Å². The topological polar surface area (TPSA) is 80.1 Å². The number of amides is 2. The van der Waals surface area contributed by atoms with Crippen molar-refractivity contribution in [1.82, 2.24) is 19.9 Å². The Morgan fingerprint density at radius 1 is 1.36 bits per heavy atom. The Hall–Kier alpha value is -3.07. The third-order valence-electron chi connectivity index (χ3n) is 4.47. The van der Waals surface area contributed by atoms with E-state index in [1.54, 1.807) is 39.4 Å². The first-order valence-corrected chi connectivity index (χ1v) is 9.76. The summed E-state index contributed by atoms with van der Waals surface area (Å²) in [6.45, 7) is 0.903. The van der Waals surface area contributed by atoms with Gasteiger partial charge in [0.15, 0.2) is 5.13 Å². The maximum Gasteiger partial charge on any atom is 0.228 e. The first-order valence-electron chi connectivity index (χ1n) is 8.88. The Balaban J connectivity index is 1.33. The molecule has 0 radical (unpaired) electrons. The molecule has 0 saturated carbocycles. The van der Waals surface area contributed by atoms with Crippen LogP contribution in [0.4, 0.5) is 9.52 Å². The van der Waals surface area contributed by atoms with Crippen molar-refractivity contribution in [1.29, 1.82) is 0 Å². The van der Waals surface area contributed by atoms with E-state index in [0.717, 1.165) is 6.42 Å². The van der Waals surface area contributed by atoms with E-state index >= 15 is 0 Å². The number of thiazole rings is 1. The van der Waals surface area contributed by atoms with Crippen LogP contribution in [0.25, 0.3) is 5.69 Å². The number of aromatic nitrogens is 3. The van der Waals surface area contributed by atoms with Gasteiger partial charge in [0.25, 0.3) is 0 Å². The van der Waals surface area contributed by atoms with Crippen molar-refractivity contribution in [3.63, 3.8) is 0 Å². The van der Waals surface area contributed by atoms with Crippen molar-refractivity contribution < 1.29 is 14.0 Å². The van der Waals surface area contributed by atoms with Crippen LogP contribution in [0.2, 0.25) is 0 Å². The molecule has 1 N–H and O–H groups in total. The minimum atomic E-state index is -0.385. The van der Waals surface area contributed by atoms with E-state index in [1.807, 2.05) is 0 Å². The van der Waals surface area contributed by atoms with Gasteiger partial charge in [-0.25, -0.2) is 14.4 Å². The van der Waals surface area contributed by atoms with Crippen LogP contribution in [0.1, 0.15) is 24.1 Å². The number of nitrogens with one attached hydrogen (secondary N) is 1. The molecule has 144 valence electrons. The summed E-state index contributed by atoms with van der Waals surface area (Å²) in [4.78, 5) is 33.9. The van der Waals surface area contributed by atoms with Crippen molar-refractivity contribution in [2.45, 2.75) is 25.8 Å². The number of hydrogen-bond donors (Lipinski definition) is 1. The minimum absolute atomic E-state index is 0.0755. The first kappa shape index (κ1) is 18.3. The molecule has 2 aromatic heterocycles. The molecular weight excluding hydrogens is 381 g/mol. The van der Waals surface area contributed by atoms with Crippen molar-refractivity contribution in [3.8, 4) is 5.69 Å². The smallest absolute Gasteiger partial charge is 0.228 e. The number of hydrogen-bond acceptors (Lipinski definition) is 5. The van der Waals surface area contributed by atoms with Crippen LogP contribution in [0.5, 0.6) is 0 Å². The largest absolute Gasteiger partial charge is 0.352 e. The monoisotopic (exact) mass is 399 g/mol. The molecule has 2 amide bonds. The molecule has 0 bridgehead atoms. The summed E-state index contributed by atoms with van der Waals surface area (Å²) >= 11 is 1.37. The lowest BCUT2D eigenvalue weighted by molar-refractivity contribution is -0.120. The molecule has 3 heterocycles. The average molecular weight is 399 g/mol. The molecule has 1 fully saturated rings. The van der Waals surface area contributed by atoms with E-state index in [9.17, 15) is 14.0 Å². The Morgan fingerprint density at radius 2 is 2.25 bits per heavy atom. The van der Waals surface area contributed by atoms with Crippen LogP contribution < -0.4 is 10.2 Å². The third kappa shape index (κ3) is 3.94. The number of carbonyl (C=O) groups excluding carboxylic acids is 2. The predicted molar refractivity (Wildman–Crippen MR) is 103 cm³/mol. The second-order valence-electron chi connectivity index (χ2n) is 6.48. The highest BCUT2D eigenvalue weighted by Gasteiger charge is 2.24. The highest BCUT2D eigenvalue weighted by atomic mass is 32.1. The molecule has 4 rings (SSSR count). The average Bonchev–Trinajstić information content (AvgIpc) is 3.42. The molecule has 28 heavy (non-hydrogen) atoms. The van der Waals surface area contributed by atoms with Gasteiger partial charge in [0.1, 0.15) is 5.82 Å². The molecule has 1 aromatic carbocycles. The van der Waals surface area contributed by atoms with E-state index in [2.05, 4.69) is 15.3 Å². The molecule has 1 aliphatic rings. The van der Waals surface area contributed by atoms with Crippen LogP contribution in [0, 0.1) is 5.82 Å². The minimum Gasteiger partial charge on any atom is -0.352 e. The molecular formula is C19H18FN5O2S. The summed E-state index contributed by atoms with van der Waals surface area (Å²) in [6, 6.07) is 4.81. The molecule has 0 atom stereocenters. The number of halogens is 1. The second kappa shape index (κ2) is 7.89. The van der Waals surface area contributed by atoms with Crippen LogP contribution in [-0.2, 0) is 22.6 Å². The van der Waals surface area contributed by atoms with Gasteiger partial charge in [-0.15, -0.1) is 11.3 Å². The fourth-order valence-electron chi connectivity index (χ4n) is 3.05. The highest BCUT2D eigenvalue weighted by Crippen LogP contribution is 2.25. The SMILES string of the molecule is O=C(Cc1csc(N2CCCC2=O)n1)NCc1ccc(-n2ccnc2)c(F)c1. The zero-order valence-electron chi connectivity index (χ0n) is 15.0. The van der Waals surface area contributed by atoms with Gasteiger partial charge in [-0.05, 0) is 24.1 Å². The Labute approximate surface area is 164 Å². The van der Waals surface area contributed by atoms with Gasteiger partial charge in [0.2, 0.25) is 11.8 Å². The van der Waals surface area contributed by atoms with Crippen LogP contribution in [-0.4, -0.2) is 32.9 Å². The Kier molecular flexibility index (Phi) is 5.16. The third-order valence-corrected chi connectivity index (χ3v) is 5.38. The maximum absolute atomic E-state index is 14.3. The zero-order chi connectivity index (χ0) is 19.5. The van der Waals surface area contributed by atoms with E-state index in [4.69, 9.17) is 0 Å². The van der Waals surface area contributed by atoms with Gasteiger partial charge in [-0.2, -0.15) is 0 Å². The van der Waals surface area contributed by atoms with Crippen LogP contribution in [0.3, 0.4) is 0 Å². The summed E-state index contributed by atoms with van der Waals surface area (Å²) in [5, 5.41) is 5.21. The van der Waals surface area contributed by atoms with E-state index in [-0.39, 0.29) is 30.6 Å². The molecule has 7 nitrogen and oxygen atoms in total. The van der Waals surface area contributed by atoms with Gasteiger partial charge >= 0.3 is 0 Å². The lowest BCUT2D eigenvalue weighted by Crippen LogP contribution is -2.25. The Morgan fingerprint density at radius 3 is 2.96 bits per heavy atom. The van der Waals surface area contributed by atoms with Gasteiger partial charge in [-0.1, -0.05) is 6.07 Å². The predicted octanol–water partition coefficient (Wildman–Crippen LogP) is 2.45. The molecule has 0 unspecified atom stereocenters. The Bertz CT molecular complexity index is 1000. The quantitative estimate of drug-likeness (QED) is 0.691. The summed E-state index contributed by atoms with van der Waals surface area (Å²) in [5.41, 5.74) is 1.69. The lowest BCUT2D eigenvalue weighted by Gasteiger charge is -2.10. The number of imidazole rings is 1. The van der Waals surface area contributed by atoms with E-state index in [0.29, 0.717) is 35.0 Å². The van der Waals surface area contributed by atoms with Crippen molar-refractivity contribution in [2.75, 3.05) is 11.4 Å². The number of rotatable bonds is 6. The first-order chi connectivity index (χ1) is 13.6. The van der Waals surface area contributed by atoms with Crippen molar-refractivity contribution in [2.24, 2.45) is 0 Å². The van der Waals surface area contributed by atoms with Crippen LogP contribution in [0.15, 0.2) is 42.3 Å². The number of anilines is 1. The molecule has 1 saturated heterocycles. The molecule has 0 aliphatic carbocycles. The summed E-state index contributed by atoms with van der Waals surface area (Å²) in [6.07, 6.45) is 6.27. The van der Waals surface area contributed by atoms with Crippen LogP contribution >= 0.6 is 11.3 Å². The summed E-state index contributed by atoms with van der Waals surface area (Å²) in [5.74, 6) is -0.514. The van der Waals surface area contributed by atoms with E-state index < -0.39 is 0 Å². The van der Waals surface area contributed by atoms with Gasteiger partial charge in [0.05, 0.1) is 24.1 Å². The lowest BCUT2D eigenvalue weighted by atomic mass is 10.2. The van der Waals surface area contributed by atoms with Crippen molar-refractivity contribution in [3.05, 3.63) is 59.4 Å². The molecule has 0 spiro atoms. The maximum atomic E-state index is 14.3. The van der Waals surface area contributed by atoms with Crippen molar-refractivity contribution >= 4 is 28.3 Å². The molecule has 3 aromatic rings. The van der Waals surface area contributed by atoms with Gasteiger partial charge < -0.3 is 9.88 Å². The van der Waals surface area contributed by atoms with Gasteiger partial charge in [0, 0.05) is 37.3 Å². The highest BCUT2D eigenvalue weighted by molar-refractivity contribution is 7.14. The number of carbonyl (C=O) groups is 2. The van der Waals surface area contributed by atoms with E-state index in [1.165, 1.54) is 23.7 Å². The molecule has 9 heteroatoms. The summed E-state index contributed by atoms with van der Waals surface area (Å²) < 4.78 is 15.9. The normalized spacial score (nSPS) is 13.9. The fourth-order valence-corrected chi connectivity index (χ4v) is 3.92. The summed E-state index contributed by atoms with van der Waals surface area (Å²) in [7, 11) is 0. The standard InChI is InChI=1S/C19H18FN5O2S/c20-15-8-13(3-4-16(15)24-7-5-21-12-24)10-22-17(26)9-14-11-28-19(23-14)25-6-1-2-18(25)27/h3-5,7-8,11-12H,1-2,6,9-10H2,(H,22,26). The molecule has 1 aliphatic heterocycles. The fraction of sp³-hybridized carbons (Fsp3) is 0.263. The number of benzene rings is 1. The zero-order valence-corrected chi connectivity index (χ0v) is 15.8. The second-order valence-corrected chi connectivity index (χ2v) is 7.32. The number of nitrogens with zero attached hydrogens (tertiary/aromatic N) is 4.